The standard InChI is InChI=1S/C22H22FN3O2/c1-15(12-13-17-8-4-3-5-9-17)24-22(28)21-20(27)14-16(2)26(25-21)19-11-7-6-10-18(19)23/h3-11,14-15H,12-13H2,1-2H3,(H,24,28). The molecule has 28 heavy (non-hydrogen) atoms. The molecule has 3 aromatic rings. The first-order valence-electron chi connectivity index (χ1n) is 9.16. The molecule has 6 heteroatoms. The Morgan fingerprint density at radius 1 is 1.14 bits per heavy atom. The Hall–Kier alpha value is -3.28. The molecule has 0 aliphatic rings. The fourth-order valence-electron chi connectivity index (χ4n) is 2.96. The van der Waals surface area contributed by atoms with Crippen LogP contribution in [0.15, 0.2) is 65.5 Å². The Morgan fingerprint density at radius 2 is 1.82 bits per heavy atom. The summed E-state index contributed by atoms with van der Waals surface area (Å²) in [6.45, 7) is 3.52. The first kappa shape index (κ1) is 19.5. The molecule has 1 heterocycles. The van der Waals surface area contributed by atoms with Crippen molar-refractivity contribution in [2.45, 2.75) is 32.7 Å². The van der Waals surface area contributed by atoms with Crippen LogP contribution in [-0.4, -0.2) is 21.7 Å². The second-order valence-corrected chi connectivity index (χ2v) is 6.76. The van der Waals surface area contributed by atoms with Crippen molar-refractivity contribution in [1.29, 1.82) is 0 Å². The Balaban J connectivity index is 1.77. The molecule has 1 unspecified atom stereocenters. The Labute approximate surface area is 162 Å². The summed E-state index contributed by atoms with van der Waals surface area (Å²) >= 11 is 0. The number of aromatic nitrogens is 2. The number of carbonyl (C=O) groups is 1. The van der Waals surface area contributed by atoms with E-state index in [0.29, 0.717) is 5.69 Å². The van der Waals surface area contributed by atoms with Crippen molar-refractivity contribution in [1.82, 2.24) is 15.1 Å². The van der Waals surface area contributed by atoms with Gasteiger partial charge in [-0.25, -0.2) is 9.07 Å². The highest BCUT2D eigenvalue weighted by Crippen LogP contribution is 2.13. The molecule has 5 nitrogen and oxygen atoms in total. The predicted molar refractivity (Wildman–Crippen MR) is 106 cm³/mol. The van der Waals surface area contributed by atoms with E-state index in [-0.39, 0.29) is 17.4 Å². The maximum atomic E-state index is 14.1. The van der Waals surface area contributed by atoms with E-state index in [9.17, 15) is 14.0 Å². The normalized spacial score (nSPS) is 11.8. The van der Waals surface area contributed by atoms with Crippen molar-refractivity contribution in [2.75, 3.05) is 0 Å². The number of carbonyl (C=O) groups excluding carboxylic acids is 1. The van der Waals surface area contributed by atoms with Crippen LogP contribution < -0.4 is 10.7 Å². The first-order valence-corrected chi connectivity index (χ1v) is 9.16. The lowest BCUT2D eigenvalue weighted by Crippen LogP contribution is -2.37. The lowest BCUT2D eigenvalue weighted by Gasteiger charge is -2.15. The van der Waals surface area contributed by atoms with Crippen LogP contribution in [0.5, 0.6) is 0 Å². The molecule has 1 aromatic heterocycles. The van der Waals surface area contributed by atoms with Gasteiger partial charge in [0.25, 0.3) is 5.91 Å². The number of benzene rings is 2. The molecule has 0 aliphatic heterocycles. The quantitative estimate of drug-likeness (QED) is 0.714. The zero-order valence-electron chi connectivity index (χ0n) is 15.9. The first-order chi connectivity index (χ1) is 13.5. The zero-order valence-corrected chi connectivity index (χ0v) is 15.9. The highest BCUT2D eigenvalue weighted by atomic mass is 19.1. The molecule has 3 rings (SSSR count). The number of halogens is 1. The summed E-state index contributed by atoms with van der Waals surface area (Å²) in [4.78, 5) is 24.9. The van der Waals surface area contributed by atoms with E-state index in [2.05, 4.69) is 10.4 Å². The number of amides is 1. The molecule has 1 atom stereocenters. The number of para-hydroxylation sites is 1. The largest absolute Gasteiger partial charge is 0.348 e. The van der Waals surface area contributed by atoms with Gasteiger partial charge in [-0.2, -0.15) is 5.10 Å². The monoisotopic (exact) mass is 379 g/mol. The minimum absolute atomic E-state index is 0.142. The fraction of sp³-hybridized carbons (Fsp3) is 0.227. The Morgan fingerprint density at radius 3 is 2.54 bits per heavy atom. The van der Waals surface area contributed by atoms with E-state index in [0.717, 1.165) is 12.8 Å². The Bertz CT molecular complexity index is 1030. The molecule has 2 aromatic carbocycles. The van der Waals surface area contributed by atoms with Gasteiger partial charge in [-0.1, -0.05) is 42.5 Å². The second-order valence-electron chi connectivity index (χ2n) is 6.76. The molecule has 0 bridgehead atoms. The van der Waals surface area contributed by atoms with Gasteiger partial charge in [0.1, 0.15) is 11.5 Å². The highest BCUT2D eigenvalue weighted by Gasteiger charge is 2.18. The van der Waals surface area contributed by atoms with Crippen LogP contribution in [0.25, 0.3) is 5.69 Å². The molecule has 0 saturated heterocycles. The van der Waals surface area contributed by atoms with E-state index >= 15 is 0 Å². The van der Waals surface area contributed by atoms with Crippen molar-refractivity contribution >= 4 is 5.91 Å². The number of aryl methyl sites for hydroxylation is 2. The number of nitrogens with zero attached hydrogens (tertiary/aromatic N) is 2. The van der Waals surface area contributed by atoms with Crippen LogP contribution in [0.3, 0.4) is 0 Å². The summed E-state index contributed by atoms with van der Waals surface area (Å²) in [6.07, 6.45) is 1.53. The average molecular weight is 379 g/mol. The molecular weight excluding hydrogens is 357 g/mol. The van der Waals surface area contributed by atoms with E-state index < -0.39 is 17.2 Å². The predicted octanol–water partition coefficient (Wildman–Crippen LogP) is 3.43. The lowest BCUT2D eigenvalue weighted by molar-refractivity contribution is 0.0930. The minimum Gasteiger partial charge on any atom is -0.348 e. The molecule has 144 valence electrons. The van der Waals surface area contributed by atoms with Crippen molar-refractivity contribution in [2.24, 2.45) is 0 Å². The van der Waals surface area contributed by atoms with Crippen LogP contribution in [0.2, 0.25) is 0 Å². The summed E-state index contributed by atoms with van der Waals surface area (Å²) in [7, 11) is 0. The number of hydrogen-bond acceptors (Lipinski definition) is 3. The summed E-state index contributed by atoms with van der Waals surface area (Å²) in [6, 6.07) is 17.2. The van der Waals surface area contributed by atoms with Crippen molar-refractivity contribution in [3.8, 4) is 5.69 Å². The van der Waals surface area contributed by atoms with Crippen LogP contribution in [0, 0.1) is 12.7 Å². The molecule has 0 aliphatic carbocycles. The van der Waals surface area contributed by atoms with Gasteiger partial charge in [-0.3, -0.25) is 9.59 Å². The fourth-order valence-corrected chi connectivity index (χ4v) is 2.96. The third-order valence-electron chi connectivity index (χ3n) is 4.49. The van der Waals surface area contributed by atoms with Crippen molar-refractivity contribution < 1.29 is 9.18 Å². The average Bonchev–Trinajstić information content (AvgIpc) is 2.68. The van der Waals surface area contributed by atoms with E-state index in [1.165, 1.54) is 22.4 Å². The Kier molecular flexibility index (Phi) is 5.99. The van der Waals surface area contributed by atoms with Crippen molar-refractivity contribution in [3.05, 3.63) is 93.7 Å². The van der Waals surface area contributed by atoms with Crippen LogP contribution in [0.1, 0.15) is 35.1 Å². The molecule has 1 N–H and O–H groups in total. The molecular formula is C22H22FN3O2. The molecule has 1 amide bonds. The summed E-state index contributed by atoms with van der Waals surface area (Å²) in [5.41, 5.74) is 1.08. The SMILES string of the molecule is Cc1cc(=O)c(C(=O)NC(C)CCc2ccccc2)nn1-c1ccccc1F. The van der Waals surface area contributed by atoms with E-state index in [1.54, 1.807) is 25.1 Å². The van der Waals surface area contributed by atoms with E-state index in [4.69, 9.17) is 0 Å². The third-order valence-corrected chi connectivity index (χ3v) is 4.49. The minimum atomic E-state index is -0.560. The van der Waals surface area contributed by atoms with Gasteiger partial charge in [-0.05, 0) is 44.4 Å². The van der Waals surface area contributed by atoms with Crippen LogP contribution in [0.4, 0.5) is 4.39 Å². The summed E-state index contributed by atoms with van der Waals surface area (Å²) in [5, 5.41) is 6.94. The van der Waals surface area contributed by atoms with Gasteiger partial charge in [0.15, 0.2) is 5.69 Å². The van der Waals surface area contributed by atoms with Gasteiger partial charge in [0.2, 0.25) is 5.43 Å². The topological polar surface area (TPSA) is 64.0 Å². The number of hydrogen-bond donors (Lipinski definition) is 1. The molecule has 0 spiro atoms. The number of nitrogens with one attached hydrogen (secondary N) is 1. The van der Waals surface area contributed by atoms with Gasteiger partial charge < -0.3 is 5.32 Å². The highest BCUT2D eigenvalue weighted by molar-refractivity contribution is 5.92. The summed E-state index contributed by atoms with van der Waals surface area (Å²) < 4.78 is 15.4. The smallest absolute Gasteiger partial charge is 0.276 e. The van der Waals surface area contributed by atoms with Gasteiger partial charge in [0.05, 0.1) is 0 Å². The van der Waals surface area contributed by atoms with Gasteiger partial charge >= 0.3 is 0 Å². The number of rotatable bonds is 6. The molecule has 0 fully saturated rings. The molecule has 0 radical (unpaired) electrons. The van der Waals surface area contributed by atoms with E-state index in [1.807, 2.05) is 37.3 Å². The third kappa shape index (κ3) is 4.52. The van der Waals surface area contributed by atoms with Crippen LogP contribution >= 0.6 is 0 Å². The second kappa shape index (κ2) is 8.61. The summed E-state index contributed by atoms with van der Waals surface area (Å²) in [5.74, 6) is -1.04. The van der Waals surface area contributed by atoms with Crippen molar-refractivity contribution in [3.63, 3.8) is 0 Å². The lowest BCUT2D eigenvalue weighted by atomic mass is 10.1. The maximum absolute atomic E-state index is 14.1. The van der Waals surface area contributed by atoms with Gasteiger partial charge in [-0.15, -0.1) is 0 Å². The maximum Gasteiger partial charge on any atom is 0.276 e. The zero-order chi connectivity index (χ0) is 20.1. The van der Waals surface area contributed by atoms with Crippen LogP contribution in [-0.2, 0) is 6.42 Å². The molecule has 0 saturated carbocycles. The van der Waals surface area contributed by atoms with Gasteiger partial charge in [0, 0.05) is 17.8 Å².